The van der Waals surface area contributed by atoms with Crippen molar-refractivity contribution >= 4 is 0 Å². The predicted octanol–water partition coefficient (Wildman–Crippen LogP) is 3.42. The monoisotopic (exact) mass is 259 g/mol. The van der Waals surface area contributed by atoms with Crippen LogP contribution in [-0.2, 0) is 5.41 Å². The van der Waals surface area contributed by atoms with Gasteiger partial charge in [0.25, 0.3) is 0 Å². The molecular weight excluding hydrogens is 234 g/mol. The number of hydrogen-bond donors (Lipinski definition) is 1. The first-order valence-corrected chi connectivity index (χ1v) is 7.54. The molecule has 2 heteroatoms. The van der Waals surface area contributed by atoms with Crippen LogP contribution in [0.3, 0.4) is 0 Å². The van der Waals surface area contributed by atoms with E-state index in [4.69, 9.17) is 4.74 Å². The minimum absolute atomic E-state index is 0.337. The maximum atomic E-state index is 5.50. The van der Waals surface area contributed by atoms with Crippen LogP contribution >= 0.6 is 0 Å². The zero-order chi connectivity index (χ0) is 13.5. The molecule has 0 spiro atoms. The van der Waals surface area contributed by atoms with E-state index in [9.17, 15) is 0 Å². The number of nitrogens with one attached hydrogen (secondary N) is 1. The van der Waals surface area contributed by atoms with Gasteiger partial charge in [0.1, 0.15) is 5.75 Å². The quantitative estimate of drug-likeness (QED) is 0.875. The van der Waals surface area contributed by atoms with Crippen molar-refractivity contribution in [2.75, 3.05) is 13.7 Å². The standard InChI is InChI=1S/C17H25NO/c1-12-4-5-14(10-16(12)19-3)17(9-8-13(17)2)11-18-15-6-7-15/h4-5,10,13,15,18H,6-9,11H2,1-3H3. The third-order valence-electron chi connectivity index (χ3n) is 5.23. The summed E-state index contributed by atoms with van der Waals surface area (Å²) < 4.78 is 5.50. The maximum absolute atomic E-state index is 5.50. The Morgan fingerprint density at radius 1 is 1.32 bits per heavy atom. The van der Waals surface area contributed by atoms with Crippen molar-refractivity contribution in [3.05, 3.63) is 29.3 Å². The van der Waals surface area contributed by atoms with Crippen molar-refractivity contribution in [1.82, 2.24) is 5.32 Å². The van der Waals surface area contributed by atoms with E-state index >= 15 is 0 Å². The fourth-order valence-electron chi connectivity index (χ4n) is 3.32. The Labute approximate surface area is 116 Å². The minimum Gasteiger partial charge on any atom is -0.496 e. The van der Waals surface area contributed by atoms with Crippen LogP contribution in [0, 0.1) is 12.8 Å². The lowest BCUT2D eigenvalue weighted by Gasteiger charge is -2.49. The van der Waals surface area contributed by atoms with Crippen LogP contribution in [0.15, 0.2) is 18.2 Å². The van der Waals surface area contributed by atoms with Crippen LogP contribution in [-0.4, -0.2) is 19.7 Å². The highest BCUT2D eigenvalue weighted by atomic mass is 16.5. The Balaban J connectivity index is 1.86. The molecular formula is C17H25NO. The summed E-state index contributed by atoms with van der Waals surface area (Å²) in [5.74, 6) is 1.80. The first-order valence-electron chi connectivity index (χ1n) is 7.54. The molecule has 0 saturated heterocycles. The molecule has 1 N–H and O–H groups in total. The van der Waals surface area contributed by atoms with Gasteiger partial charge in [-0.15, -0.1) is 0 Å². The number of methoxy groups -OCH3 is 1. The number of ether oxygens (including phenoxy) is 1. The van der Waals surface area contributed by atoms with Crippen molar-refractivity contribution in [1.29, 1.82) is 0 Å². The number of hydrogen-bond acceptors (Lipinski definition) is 2. The van der Waals surface area contributed by atoms with Crippen LogP contribution in [0.4, 0.5) is 0 Å². The van der Waals surface area contributed by atoms with Crippen LogP contribution < -0.4 is 10.1 Å². The Hall–Kier alpha value is -1.02. The van der Waals surface area contributed by atoms with Gasteiger partial charge in [0.15, 0.2) is 0 Å². The molecule has 2 aliphatic carbocycles. The molecule has 2 aliphatic rings. The zero-order valence-electron chi connectivity index (χ0n) is 12.3. The molecule has 1 aromatic rings. The Morgan fingerprint density at radius 2 is 2.11 bits per heavy atom. The van der Waals surface area contributed by atoms with Crippen LogP contribution in [0.25, 0.3) is 0 Å². The van der Waals surface area contributed by atoms with E-state index in [2.05, 4.69) is 37.4 Å². The lowest BCUT2D eigenvalue weighted by atomic mass is 9.57. The smallest absolute Gasteiger partial charge is 0.122 e. The molecule has 2 atom stereocenters. The minimum atomic E-state index is 0.337. The highest BCUT2D eigenvalue weighted by molar-refractivity contribution is 5.41. The average Bonchev–Trinajstić information content (AvgIpc) is 3.23. The molecule has 3 rings (SSSR count). The van der Waals surface area contributed by atoms with E-state index in [0.29, 0.717) is 5.41 Å². The van der Waals surface area contributed by atoms with Crippen molar-refractivity contribution in [3.8, 4) is 5.75 Å². The van der Waals surface area contributed by atoms with Crippen LogP contribution in [0.2, 0.25) is 0 Å². The van der Waals surface area contributed by atoms with Gasteiger partial charge in [-0.1, -0.05) is 19.1 Å². The molecule has 2 saturated carbocycles. The molecule has 2 nitrogen and oxygen atoms in total. The van der Waals surface area contributed by atoms with E-state index < -0.39 is 0 Å². The van der Waals surface area contributed by atoms with Gasteiger partial charge in [-0.25, -0.2) is 0 Å². The lowest BCUT2D eigenvalue weighted by molar-refractivity contribution is 0.133. The summed E-state index contributed by atoms with van der Waals surface area (Å²) in [7, 11) is 1.77. The van der Waals surface area contributed by atoms with E-state index in [1.54, 1.807) is 7.11 Å². The van der Waals surface area contributed by atoms with Gasteiger partial charge < -0.3 is 10.1 Å². The third-order valence-corrected chi connectivity index (χ3v) is 5.23. The largest absolute Gasteiger partial charge is 0.496 e. The molecule has 1 aromatic carbocycles. The summed E-state index contributed by atoms with van der Waals surface area (Å²) in [6.45, 7) is 5.64. The molecule has 104 valence electrons. The van der Waals surface area contributed by atoms with E-state index in [-0.39, 0.29) is 0 Å². The third kappa shape index (κ3) is 2.27. The van der Waals surface area contributed by atoms with Gasteiger partial charge in [0.05, 0.1) is 7.11 Å². The fourth-order valence-corrected chi connectivity index (χ4v) is 3.32. The lowest BCUT2D eigenvalue weighted by Crippen LogP contribution is -2.50. The molecule has 0 aromatic heterocycles. The van der Waals surface area contributed by atoms with Gasteiger partial charge in [0.2, 0.25) is 0 Å². The molecule has 2 unspecified atom stereocenters. The molecule has 2 fully saturated rings. The zero-order valence-corrected chi connectivity index (χ0v) is 12.3. The Morgan fingerprint density at radius 3 is 2.63 bits per heavy atom. The van der Waals surface area contributed by atoms with E-state index in [1.165, 1.54) is 36.8 Å². The average molecular weight is 259 g/mol. The van der Waals surface area contributed by atoms with E-state index in [0.717, 1.165) is 24.3 Å². The molecule has 0 aliphatic heterocycles. The Bertz CT molecular complexity index is 466. The molecule has 0 heterocycles. The topological polar surface area (TPSA) is 21.3 Å². The van der Waals surface area contributed by atoms with Gasteiger partial charge in [-0.2, -0.15) is 0 Å². The van der Waals surface area contributed by atoms with Gasteiger partial charge >= 0.3 is 0 Å². The highest BCUT2D eigenvalue weighted by Gasteiger charge is 2.46. The van der Waals surface area contributed by atoms with Crippen LogP contribution in [0.1, 0.15) is 43.7 Å². The normalized spacial score (nSPS) is 29.9. The molecule has 0 amide bonds. The summed E-state index contributed by atoms with van der Waals surface area (Å²) in [5.41, 5.74) is 3.02. The number of rotatable bonds is 5. The summed E-state index contributed by atoms with van der Waals surface area (Å²) in [4.78, 5) is 0. The van der Waals surface area contributed by atoms with Gasteiger partial charge in [0, 0.05) is 18.0 Å². The summed E-state index contributed by atoms with van der Waals surface area (Å²) in [6.07, 6.45) is 5.38. The Kier molecular flexibility index (Phi) is 3.30. The van der Waals surface area contributed by atoms with E-state index in [1.807, 2.05) is 0 Å². The van der Waals surface area contributed by atoms with Gasteiger partial charge in [-0.05, 0) is 55.7 Å². The molecule has 0 bridgehead atoms. The maximum Gasteiger partial charge on any atom is 0.122 e. The summed E-state index contributed by atoms with van der Waals surface area (Å²) in [6, 6.07) is 7.57. The summed E-state index contributed by atoms with van der Waals surface area (Å²) >= 11 is 0. The van der Waals surface area contributed by atoms with Crippen molar-refractivity contribution in [2.24, 2.45) is 5.92 Å². The first-order chi connectivity index (χ1) is 9.15. The highest BCUT2D eigenvalue weighted by Crippen LogP contribution is 2.49. The van der Waals surface area contributed by atoms with Crippen LogP contribution in [0.5, 0.6) is 5.75 Å². The SMILES string of the molecule is COc1cc(C2(CNC3CC3)CCC2C)ccc1C. The van der Waals surface area contributed by atoms with Gasteiger partial charge in [-0.3, -0.25) is 0 Å². The predicted molar refractivity (Wildman–Crippen MR) is 78.8 cm³/mol. The number of aryl methyl sites for hydroxylation is 1. The first kappa shape index (κ1) is 13.0. The summed E-state index contributed by atoms with van der Waals surface area (Å²) in [5, 5.41) is 3.74. The second-order valence-electron chi connectivity index (χ2n) is 6.44. The second kappa shape index (κ2) is 4.82. The van der Waals surface area contributed by atoms with Crippen molar-refractivity contribution < 1.29 is 4.74 Å². The number of benzene rings is 1. The molecule has 19 heavy (non-hydrogen) atoms. The van der Waals surface area contributed by atoms with Crippen molar-refractivity contribution in [2.45, 2.75) is 51.0 Å². The fraction of sp³-hybridized carbons (Fsp3) is 0.647. The molecule has 0 radical (unpaired) electrons. The van der Waals surface area contributed by atoms with Crippen molar-refractivity contribution in [3.63, 3.8) is 0 Å². The second-order valence-corrected chi connectivity index (χ2v) is 6.44.